The van der Waals surface area contributed by atoms with Gasteiger partial charge in [0.1, 0.15) is 5.75 Å². The lowest BCUT2D eigenvalue weighted by molar-refractivity contribution is 0.176. The average Bonchev–Trinajstić information content (AvgIpc) is 3.01. The Morgan fingerprint density at radius 3 is 2.52 bits per heavy atom. The van der Waals surface area contributed by atoms with Crippen LogP contribution in [0.5, 0.6) is 5.75 Å². The third kappa shape index (κ3) is 3.66. The third-order valence-electron chi connectivity index (χ3n) is 3.30. The van der Waals surface area contributed by atoms with Gasteiger partial charge in [-0.25, -0.2) is 0 Å². The molecular formula is C17H14Cl2N2O2. The van der Waals surface area contributed by atoms with E-state index in [0.29, 0.717) is 27.5 Å². The van der Waals surface area contributed by atoms with Gasteiger partial charge in [0.2, 0.25) is 5.82 Å². The Balaban J connectivity index is 1.78. The first-order chi connectivity index (χ1) is 11.0. The predicted molar refractivity (Wildman–Crippen MR) is 90.0 cm³/mol. The number of aryl methyl sites for hydroxylation is 1. The van der Waals surface area contributed by atoms with Crippen molar-refractivity contribution in [1.82, 2.24) is 10.1 Å². The first-order valence-corrected chi connectivity index (χ1v) is 7.81. The van der Waals surface area contributed by atoms with E-state index in [1.165, 1.54) is 5.56 Å². The van der Waals surface area contributed by atoms with Crippen molar-refractivity contribution in [2.75, 3.05) is 0 Å². The zero-order valence-electron chi connectivity index (χ0n) is 12.6. The molecule has 2 aromatic carbocycles. The second-order valence-corrected chi connectivity index (χ2v) is 6.00. The van der Waals surface area contributed by atoms with Crippen LogP contribution >= 0.6 is 23.2 Å². The normalized spacial score (nSPS) is 12.2. The molecule has 1 heterocycles. The summed E-state index contributed by atoms with van der Waals surface area (Å²) in [6, 6.07) is 12.9. The van der Waals surface area contributed by atoms with Gasteiger partial charge < -0.3 is 9.26 Å². The summed E-state index contributed by atoms with van der Waals surface area (Å²) >= 11 is 12.0. The Hall–Kier alpha value is -2.04. The predicted octanol–water partition coefficient (Wildman–Crippen LogP) is 5.49. The summed E-state index contributed by atoms with van der Waals surface area (Å²) in [6.07, 6.45) is -0.430. The number of nitrogens with zero attached hydrogens (tertiary/aromatic N) is 2. The van der Waals surface area contributed by atoms with Crippen molar-refractivity contribution < 1.29 is 9.26 Å². The molecule has 23 heavy (non-hydrogen) atoms. The van der Waals surface area contributed by atoms with Crippen LogP contribution in [-0.2, 0) is 0 Å². The summed E-state index contributed by atoms with van der Waals surface area (Å²) < 4.78 is 11.1. The molecule has 4 nitrogen and oxygen atoms in total. The van der Waals surface area contributed by atoms with Crippen LogP contribution in [0.4, 0.5) is 0 Å². The Labute approximate surface area is 144 Å². The Bertz CT molecular complexity index is 816. The van der Waals surface area contributed by atoms with E-state index in [9.17, 15) is 0 Å². The van der Waals surface area contributed by atoms with Gasteiger partial charge >= 0.3 is 0 Å². The summed E-state index contributed by atoms with van der Waals surface area (Å²) in [7, 11) is 0. The third-order valence-corrected chi connectivity index (χ3v) is 3.83. The average molecular weight is 349 g/mol. The number of aromatic nitrogens is 2. The van der Waals surface area contributed by atoms with E-state index in [-0.39, 0.29) is 0 Å². The van der Waals surface area contributed by atoms with Crippen molar-refractivity contribution in [3.8, 4) is 17.1 Å². The van der Waals surface area contributed by atoms with Crippen LogP contribution in [0, 0.1) is 6.92 Å². The monoisotopic (exact) mass is 348 g/mol. The summed E-state index contributed by atoms with van der Waals surface area (Å²) in [5, 5.41) is 4.98. The Morgan fingerprint density at radius 2 is 1.83 bits per heavy atom. The molecule has 0 saturated carbocycles. The molecule has 0 aliphatic rings. The summed E-state index contributed by atoms with van der Waals surface area (Å²) in [5.41, 5.74) is 2.06. The fourth-order valence-corrected chi connectivity index (χ4v) is 2.48. The molecule has 0 aliphatic carbocycles. The van der Waals surface area contributed by atoms with Crippen molar-refractivity contribution in [1.29, 1.82) is 0 Å². The standard InChI is InChI=1S/C17H14Cl2N2O2/c1-10-3-5-12(6-4-10)16-20-17(23-21-16)11(2)22-15-8-7-13(18)9-14(15)19/h3-9,11H,1-2H3/t11-/m1/s1. The molecule has 3 rings (SSSR count). The Morgan fingerprint density at radius 1 is 1.09 bits per heavy atom. The number of rotatable bonds is 4. The zero-order chi connectivity index (χ0) is 16.4. The topological polar surface area (TPSA) is 48.2 Å². The summed E-state index contributed by atoms with van der Waals surface area (Å²) in [4.78, 5) is 4.38. The fourth-order valence-electron chi connectivity index (χ4n) is 2.03. The number of halogens is 2. The molecule has 1 atom stereocenters. The van der Waals surface area contributed by atoms with Gasteiger partial charge in [-0.2, -0.15) is 4.98 Å². The van der Waals surface area contributed by atoms with Gasteiger partial charge in [0.05, 0.1) is 5.02 Å². The maximum Gasteiger partial charge on any atom is 0.267 e. The largest absolute Gasteiger partial charge is 0.479 e. The van der Waals surface area contributed by atoms with E-state index in [2.05, 4.69) is 10.1 Å². The Kier molecular flexibility index (Phi) is 4.55. The molecule has 0 spiro atoms. The van der Waals surface area contributed by atoms with E-state index in [0.717, 1.165) is 5.56 Å². The number of benzene rings is 2. The van der Waals surface area contributed by atoms with E-state index in [1.54, 1.807) is 18.2 Å². The molecule has 0 N–H and O–H groups in total. The van der Waals surface area contributed by atoms with Crippen molar-refractivity contribution in [2.24, 2.45) is 0 Å². The van der Waals surface area contributed by atoms with Crippen LogP contribution in [0.15, 0.2) is 47.0 Å². The van der Waals surface area contributed by atoms with Crippen molar-refractivity contribution in [2.45, 2.75) is 20.0 Å². The van der Waals surface area contributed by atoms with E-state index in [1.807, 2.05) is 38.1 Å². The highest BCUT2D eigenvalue weighted by molar-refractivity contribution is 6.35. The smallest absolute Gasteiger partial charge is 0.267 e. The van der Waals surface area contributed by atoms with Gasteiger partial charge in [-0.1, -0.05) is 58.2 Å². The molecule has 0 bridgehead atoms. The molecular weight excluding hydrogens is 335 g/mol. The van der Waals surface area contributed by atoms with Crippen LogP contribution in [-0.4, -0.2) is 10.1 Å². The maximum absolute atomic E-state index is 6.10. The molecule has 0 amide bonds. The van der Waals surface area contributed by atoms with Crippen molar-refractivity contribution in [3.63, 3.8) is 0 Å². The second-order valence-electron chi connectivity index (χ2n) is 5.16. The number of hydrogen-bond donors (Lipinski definition) is 0. The number of ether oxygens (including phenoxy) is 1. The van der Waals surface area contributed by atoms with Crippen molar-refractivity contribution in [3.05, 3.63) is 64.0 Å². The highest BCUT2D eigenvalue weighted by Crippen LogP contribution is 2.31. The van der Waals surface area contributed by atoms with Crippen LogP contribution in [0.3, 0.4) is 0 Å². The van der Waals surface area contributed by atoms with Gasteiger partial charge in [0.15, 0.2) is 6.10 Å². The maximum atomic E-state index is 6.10. The molecule has 0 unspecified atom stereocenters. The number of hydrogen-bond acceptors (Lipinski definition) is 4. The molecule has 1 aromatic heterocycles. The lowest BCUT2D eigenvalue weighted by Crippen LogP contribution is -2.03. The second kappa shape index (κ2) is 6.60. The van der Waals surface area contributed by atoms with Crippen LogP contribution in [0.1, 0.15) is 24.5 Å². The first kappa shape index (κ1) is 15.8. The highest BCUT2D eigenvalue weighted by Gasteiger charge is 2.18. The molecule has 0 saturated heterocycles. The highest BCUT2D eigenvalue weighted by atomic mass is 35.5. The molecule has 3 aromatic rings. The van der Waals surface area contributed by atoms with Gasteiger partial charge in [-0.3, -0.25) is 0 Å². The molecule has 0 fully saturated rings. The van der Waals surface area contributed by atoms with Crippen LogP contribution in [0.2, 0.25) is 10.0 Å². The minimum atomic E-state index is -0.430. The van der Waals surface area contributed by atoms with Crippen molar-refractivity contribution >= 4 is 23.2 Å². The van der Waals surface area contributed by atoms with Crippen LogP contribution in [0.25, 0.3) is 11.4 Å². The minimum Gasteiger partial charge on any atom is -0.479 e. The van der Waals surface area contributed by atoms with E-state index >= 15 is 0 Å². The van der Waals surface area contributed by atoms with Gasteiger partial charge in [0, 0.05) is 10.6 Å². The SMILES string of the molecule is Cc1ccc(-c2noc([C@@H](C)Oc3ccc(Cl)cc3Cl)n2)cc1. The van der Waals surface area contributed by atoms with E-state index in [4.69, 9.17) is 32.5 Å². The zero-order valence-corrected chi connectivity index (χ0v) is 14.1. The van der Waals surface area contributed by atoms with Crippen LogP contribution < -0.4 is 4.74 Å². The summed E-state index contributed by atoms with van der Waals surface area (Å²) in [6.45, 7) is 3.84. The molecule has 118 valence electrons. The van der Waals surface area contributed by atoms with Gasteiger partial charge in [-0.05, 0) is 32.0 Å². The molecule has 0 aliphatic heterocycles. The molecule has 0 radical (unpaired) electrons. The molecule has 6 heteroatoms. The fraction of sp³-hybridized carbons (Fsp3) is 0.176. The lowest BCUT2D eigenvalue weighted by Gasteiger charge is -2.12. The van der Waals surface area contributed by atoms with E-state index < -0.39 is 6.10 Å². The van der Waals surface area contributed by atoms with Gasteiger partial charge in [0.25, 0.3) is 5.89 Å². The first-order valence-electron chi connectivity index (χ1n) is 7.05. The quantitative estimate of drug-likeness (QED) is 0.625. The van der Waals surface area contributed by atoms with Gasteiger partial charge in [-0.15, -0.1) is 0 Å². The minimum absolute atomic E-state index is 0.381. The lowest BCUT2D eigenvalue weighted by atomic mass is 10.1. The summed E-state index contributed by atoms with van der Waals surface area (Å²) in [5.74, 6) is 1.42.